The smallest absolute Gasteiger partial charge is 0.119 e. The first kappa shape index (κ1) is 10.7. The minimum absolute atomic E-state index is 0.102. The maximum Gasteiger partial charge on any atom is 0.119 e. The molecule has 0 spiro atoms. The predicted octanol–water partition coefficient (Wildman–Crippen LogP) is 0.812. The van der Waals surface area contributed by atoms with Gasteiger partial charge < -0.3 is 14.8 Å². The standard InChI is InChI=1S/C10H19NO2/c12-8-4-2-1-3-6-11-7-5-10(13)9-11/h8,10,13H,1-7,9H2. The number of aldehydes is 1. The Balaban J connectivity index is 1.91. The van der Waals surface area contributed by atoms with Crippen molar-refractivity contribution >= 4 is 6.29 Å². The summed E-state index contributed by atoms with van der Waals surface area (Å²) in [7, 11) is 0. The topological polar surface area (TPSA) is 40.5 Å². The van der Waals surface area contributed by atoms with Gasteiger partial charge >= 0.3 is 0 Å². The van der Waals surface area contributed by atoms with Gasteiger partial charge in [0.15, 0.2) is 0 Å². The highest BCUT2D eigenvalue weighted by molar-refractivity contribution is 5.48. The molecule has 1 aliphatic heterocycles. The highest BCUT2D eigenvalue weighted by atomic mass is 16.3. The average Bonchev–Trinajstić information content (AvgIpc) is 2.51. The molecule has 0 aromatic carbocycles. The first-order valence-electron chi connectivity index (χ1n) is 5.17. The van der Waals surface area contributed by atoms with E-state index in [1.54, 1.807) is 0 Å². The Morgan fingerprint density at radius 1 is 1.38 bits per heavy atom. The Labute approximate surface area is 79.7 Å². The van der Waals surface area contributed by atoms with Gasteiger partial charge in [-0.1, -0.05) is 6.42 Å². The lowest BCUT2D eigenvalue weighted by atomic mass is 10.2. The fraction of sp³-hybridized carbons (Fsp3) is 0.900. The Morgan fingerprint density at radius 3 is 2.85 bits per heavy atom. The van der Waals surface area contributed by atoms with Crippen molar-refractivity contribution in [2.24, 2.45) is 0 Å². The summed E-state index contributed by atoms with van der Waals surface area (Å²) in [5.74, 6) is 0. The van der Waals surface area contributed by atoms with Crippen molar-refractivity contribution < 1.29 is 9.90 Å². The fourth-order valence-corrected chi connectivity index (χ4v) is 1.76. The SMILES string of the molecule is O=CCCCCCN1CCC(O)C1. The summed E-state index contributed by atoms with van der Waals surface area (Å²) in [5, 5.41) is 9.25. The van der Waals surface area contributed by atoms with Gasteiger partial charge in [-0.05, 0) is 25.8 Å². The highest BCUT2D eigenvalue weighted by Crippen LogP contribution is 2.10. The van der Waals surface area contributed by atoms with Crippen LogP contribution in [0.5, 0.6) is 0 Å². The van der Waals surface area contributed by atoms with E-state index in [-0.39, 0.29) is 6.10 Å². The molecule has 0 aromatic rings. The lowest BCUT2D eigenvalue weighted by Gasteiger charge is -2.13. The summed E-state index contributed by atoms with van der Waals surface area (Å²) >= 11 is 0. The third kappa shape index (κ3) is 4.39. The summed E-state index contributed by atoms with van der Waals surface area (Å²) in [6.45, 7) is 2.96. The van der Waals surface area contributed by atoms with Gasteiger partial charge in [0, 0.05) is 19.5 Å². The van der Waals surface area contributed by atoms with E-state index < -0.39 is 0 Å². The Kier molecular flexibility index (Phi) is 5.01. The number of carbonyl (C=O) groups excluding carboxylic acids is 1. The summed E-state index contributed by atoms with van der Waals surface area (Å²) in [5.41, 5.74) is 0. The summed E-state index contributed by atoms with van der Waals surface area (Å²) < 4.78 is 0. The van der Waals surface area contributed by atoms with Gasteiger partial charge in [-0.2, -0.15) is 0 Å². The van der Waals surface area contributed by atoms with Crippen molar-refractivity contribution in [3.05, 3.63) is 0 Å². The highest BCUT2D eigenvalue weighted by Gasteiger charge is 2.18. The van der Waals surface area contributed by atoms with Crippen molar-refractivity contribution in [3.63, 3.8) is 0 Å². The number of hydrogen-bond donors (Lipinski definition) is 1. The number of nitrogens with zero attached hydrogens (tertiary/aromatic N) is 1. The van der Waals surface area contributed by atoms with Crippen LogP contribution in [0, 0.1) is 0 Å². The summed E-state index contributed by atoms with van der Waals surface area (Å²) in [4.78, 5) is 12.3. The van der Waals surface area contributed by atoms with Gasteiger partial charge in [0.05, 0.1) is 6.10 Å². The van der Waals surface area contributed by atoms with Gasteiger partial charge in [0.2, 0.25) is 0 Å². The number of carbonyl (C=O) groups is 1. The van der Waals surface area contributed by atoms with Crippen molar-refractivity contribution in [1.82, 2.24) is 4.90 Å². The number of aliphatic hydroxyl groups excluding tert-OH is 1. The van der Waals surface area contributed by atoms with Crippen LogP contribution in [0.3, 0.4) is 0 Å². The average molecular weight is 185 g/mol. The Hall–Kier alpha value is -0.410. The van der Waals surface area contributed by atoms with Crippen molar-refractivity contribution in [2.75, 3.05) is 19.6 Å². The Bertz CT molecular complexity index is 150. The molecule has 1 saturated heterocycles. The molecule has 1 unspecified atom stereocenters. The number of aliphatic hydroxyl groups is 1. The third-order valence-corrected chi connectivity index (χ3v) is 2.54. The zero-order valence-corrected chi connectivity index (χ0v) is 8.11. The van der Waals surface area contributed by atoms with E-state index in [2.05, 4.69) is 4.90 Å². The van der Waals surface area contributed by atoms with Crippen LogP contribution in [-0.4, -0.2) is 42.0 Å². The van der Waals surface area contributed by atoms with E-state index in [9.17, 15) is 9.90 Å². The molecule has 1 rings (SSSR count). The number of unbranched alkanes of at least 4 members (excludes halogenated alkanes) is 3. The van der Waals surface area contributed by atoms with E-state index >= 15 is 0 Å². The maximum absolute atomic E-state index is 10.0. The molecule has 1 N–H and O–H groups in total. The molecule has 1 fully saturated rings. The lowest BCUT2D eigenvalue weighted by Crippen LogP contribution is -2.23. The van der Waals surface area contributed by atoms with Crippen LogP contribution in [0.15, 0.2) is 0 Å². The molecular weight excluding hydrogens is 166 g/mol. The fourth-order valence-electron chi connectivity index (χ4n) is 1.76. The van der Waals surface area contributed by atoms with Crippen LogP contribution in [0.25, 0.3) is 0 Å². The molecule has 3 heteroatoms. The molecule has 1 heterocycles. The largest absolute Gasteiger partial charge is 0.392 e. The third-order valence-electron chi connectivity index (χ3n) is 2.54. The molecule has 0 saturated carbocycles. The summed E-state index contributed by atoms with van der Waals surface area (Å²) in [6.07, 6.45) is 5.80. The first-order chi connectivity index (χ1) is 6.33. The monoisotopic (exact) mass is 185 g/mol. The molecule has 0 aromatic heterocycles. The first-order valence-corrected chi connectivity index (χ1v) is 5.17. The van der Waals surface area contributed by atoms with E-state index in [1.807, 2.05) is 0 Å². The zero-order valence-electron chi connectivity index (χ0n) is 8.11. The Morgan fingerprint density at radius 2 is 2.23 bits per heavy atom. The van der Waals surface area contributed by atoms with Crippen molar-refractivity contribution in [2.45, 2.75) is 38.2 Å². The molecule has 0 aliphatic carbocycles. The number of hydrogen-bond acceptors (Lipinski definition) is 3. The lowest BCUT2D eigenvalue weighted by molar-refractivity contribution is -0.107. The molecule has 76 valence electrons. The number of likely N-dealkylation sites (tertiary alicyclic amines) is 1. The molecule has 1 atom stereocenters. The second-order valence-corrected chi connectivity index (χ2v) is 3.76. The van der Waals surface area contributed by atoms with Crippen molar-refractivity contribution in [1.29, 1.82) is 0 Å². The van der Waals surface area contributed by atoms with E-state index in [4.69, 9.17) is 0 Å². The maximum atomic E-state index is 10.0. The van der Waals surface area contributed by atoms with Crippen LogP contribution in [0.4, 0.5) is 0 Å². The van der Waals surface area contributed by atoms with E-state index in [0.717, 1.165) is 51.6 Å². The number of rotatable bonds is 6. The van der Waals surface area contributed by atoms with Crippen LogP contribution in [-0.2, 0) is 4.79 Å². The van der Waals surface area contributed by atoms with Gasteiger partial charge in [0.1, 0.15) is 6.29 Å². The van der Waals surface area contributed by atoms with Crippen LogP contribution >= 0.6 is 0 Å². The summed E-state index contributed by atoms with van der Waals surface area (Å²) in [6, 6.07) is 0. The second-order valence-electron chi connectivity index (χ2n) is 3.76. The van der Waals surface area contributed by atoms with Crippen LogP contribution < -0.4 is 0 Å². The normalized spacial score (nSPS) is 23.6. The van der Waals surface area contributed by atoms with Crippen LogP contribution in [0.2, 0.25) is 0 Å². The quantitative estimate of drug-likeness (QED) is 0.492. The molecule has 1 aliphatic rings. The van der Waals surface area contributed by atoms with Gasteiger partial charge in [-0.25, -0.2) is 0 Å². The van der Waals surface area contributed by atoms with Crippen molar-refractivity contribution in [3.8, 4) is 0 Å². The van der Waals surface area contributed by atoms with E-state index in [1.165, 1.54) is 0 Å². The predicted molar refractivity (Wildman–Crippen MR) is 51.6 cm³/mol. The van der Waals surface area contributed by atoms with Gasteiger partial charge in [-0.3, -0.25) is 0 Å². The minimum Gasteiger partial charge on any atom is -0.392 e. The molecular formula is C10H19NO2. The molecule has 13 heavy (non-hydrogen) atoms. The second kappa shape index (κ2) is 6.11. The number of β-amino-alcohol motifs (C(OH)–C–C–N with tert-alkyl or cyclic N) is 1. The van der Waals surface area contributed by atoms with Crippen LogP contribution in [0.1, 0.15) is 32.1 Å². The molecule has 3 nitrogen and oxygen atoms in total. The van der Waals surface area contributed by atoms with Gasteiger partial charge in [0.25, 0.3) is 0 Å². The minimum atomic E-state index is -0.102. The zero-order chi connectivity index (χ0) is 9.52. The molecule has 0 bridgehead atoms. The molecule has 0 radical (unpaired) electrons. The molecule has 0 amide bonds. The van der Waals surface area contributed by atoms with Gasteiger partial charge in [-0.15, -0.1) is 0 Å². The van der Waals surface area contributed by atoms with E-state index in [0.29, 0.717) is 6.42 Å².